The van der Waals surface area contributed by atoms with Gasteiger partial charge in [-0.25, -0.2) is 4.79 Å². The van der Waals surface area contributed by atoms with Gasteiger partial charge in [0, 0.05) is 6.42 Å². The van der Waals surface area contributed by atoms with E-state index >= 15 is 0 Å². The molecule has 180 valence electrons. The largest absolute Gasteiger partial charge is 0.494 e. The zero-order valence-corrected chi connectivity index (χ0v) is 20.1. The number of allylic oxidation sites excluding steroid dienone is 1. The second kappa shape index (κ2) is 12.1. The van der Waals surface area contributed by atoms with Crippen molar-refractivity contribution in [1.82, 2.24) is 0 Å². The summed E-state index contributed by atoms with van der Waals surface area (Å²) in [5, 5.41) is 0. The Kier molecular flexibility index (Phi) is 8.39. The molecule has 4 rings (SSSR count). The number of hydrogen-bond acceptors (Lipinski definition) is 4. The molecule has 1 fully saturated rings. The molecule has 1 aliphatic heterocycles. The zero-order chi connectivity index (χ0) is 24.5. The second-order valence-electron chi connectivity index (χ2n) is 8.83. The standard InChI is InChI=1S/C31H32O4/c1-23-22-30(34-24(23)2)12-8-3-4-9-21-33-28-17-15-27(16-18-28)31(32)35-29-19-13-26(14-20-29)25-10-6-5-7-11-25/h5-7,10-11,13-20,30H,1-4,8-9,12,21-22H2. The highest BCUT2D eigenvalue weighted by Crippen LogP contribution is 2.29. The minimum Gasteiger partial charge on any atom is -0.494 e. The lowest BCUT2D eigenvalue weighted by molar-refractivity contribution is 0.0734. The number of benzene rings is 3. The van der Waals surface area contributed by atoms with Crippen molar-refractivity contribution in [2.45, 2.75) is 44.6 Å². The second-order valence-corrected chi connectivity index (χ2v) is 8.83. The fourth-order valence-corrected chi connectivity index (χ4v) is 4.09. The molecule has 1 saturated heterocycles. The van der Waals surface area contributed by atoms with Crippen LogP contribution in [0.25, 0.3) is 11.1 Å². The van der Waals surface area contributed by atoms with Crippen LogP contribution in [0.5, 0.6) is 11.5 Å². The summed E-state index contributed by atoms with van der Waals surface area (Å²) in [5.41, 5.74) is 3.72. The molecule has 4 nitrogen and oxygen atoms in total. The van der Waals surface area contributed by atoms with Crippen LogP contribution in [0, 0.1) is 0 Å². The number of unbranched alkanes of at least 4 members (excludes halogenated alkanes) is 3. The van der Waals surface area contributed by atoms with E-state index in [-0.39, 0.29) is 12.1 Å². The van der Waals surface area contributed by atoms with Crippen LogP contribution in [-0.2, 0) is 4.74 Å². The molecular formula is C31H32O4. The summed E-state index contributed by atoms with van der Waals surface area (Å²) in [6.07, 6.45) is 6.61. The van der Waals surface area contributed by atoms with E-state index in [2.05, 4.69) is 13.2 Å². The van der Waals surface area contributed by atoms with Crippen molar-refractivity contribution < 1.29 is 19.0 Å². The first-order chi connectivity index (χ1) is 17.1. The van der Waals surface area contributed by atoms with Crippen LogP contribution in [0.3, 0.4) is 0 Å². The topological polar surface area (TPSA) is 44.8 Å². The van der Waals surface area contributed by atoms with E-state index in [1.54, 1.807) is 12.1 Å². The Labute approximate surface area is 207 Å². The fraction of sp³-hybridized carbons (Fsp3) is 0.258. The zero-order valence-electron chi connectivity index (χ0n) is 20.1. The molecule has 4 heteroatoms. The monoisotopic (exact) mass is 468 g/mol. The highest BCUT2D eigenvalue weighted by molar-refractivity contribution is 5.91. The maximum absolute atomic E-state index is 12.5. The molecule has 0 aliphatic carbocycles. The Hall–Kier alpha value is -3.79. The SMILES string of the molecule is C=C1CC(CCCCCCOc2ccc(C(=O)Oc3ccc(-c4ccccc4)cc3)cc2)OC1=C. The van der Waals surface area contributed by atoms with Crippen LogP contribution in [0.2, 0.25) is 0 Å². The number of carbonyl (C=O) groups excluding carboxylic acids is 1. The molecule has 0 bridgehead atoms. The molecule has 3 aromatic rings. The highest BCUT2D eigenvalue weighted by Gasteiger charge is 2.21. The van der Waals surface area contributed by atoms with Gasteiger partial charge in [0.15, 0.2) is 0 Å². The van der Waals surface area contributed by atoms with Gasteiger partial charge in [-0.05, 0) is 72.4 Å². The third kappa shape index (κ3) is 7.10. The number of carbonyl (C=O) groups is 1. The normalized spacial score (nSPS) is 15.0. The molecule has 0 spiro atoms. The fourth-order valence-electron chi connectivity index (χ4n) is 4.09. The molecule has 1 unspecified atom stereocenters. The first-order valence-electron chi connectivity index (χ1n) is 12.2. The van der Waals surface area contributed by atoms with E-state index in [4.69, 9.17) is 14.2 Å². The van der Waals surface area contributed by atoms with Crippen molar-refractivity contribution >= 4 is 5.97 Å². The average molecular weight is 469 g/mol. The predicted molar refractivity (Wildman–Crippen MR) is 140 cm³/mol. The Morgan fingerprint density at radius 2 is 1.46 bits per heavy atom. The van der Waals surface area contributed by atoms with Crippen LogP contribution < -0.4 is 9.47 Å². The third-order valence-corrected chi connectivity index (χ3v) is 6.13. The predicted octanol–water partition coefficient (Wildman–Crippen LogP) is 7.76. The third-order valence-electron chi connectivity index (χ3n) is 6.13. The minimum atomic E-state index is -0.387. The van der Waals surface area contributed by atoms with E-state index < -0.39 is 0 Å². The smallest absolute Gasteiger partial charge is 0.343 e. The maximum Gasteiger partial charge on any atom is 0.343 e. The van der Waals surface area contributed by atoms with Gasteiger partial charge in [-0.15, -0.1) is 0 Å². The van der Waals surface area contributed by atoms with Crippen molar-refractivity contribution in [2.24, 2.45) is 0 Å². The van der Waals surface area contributed by atoms with Gasteiger partial charge >= 0.3 is 5.97 Å². The molecule has 1 heterocycles. The van der Waals surface area contributed by atoms with Gasteiger partial charge in [0.1, 0.15) is 23.4 Å². The highest BCUT2D eigenvalue weighted by atomic mass is 16.5. The molecule has 0 amide bonds. The van der Waals surface area contributed by atoms with Crippen LogP contribution in [0.15, 0.2) is 103 Å². The van der Waals surface area contributed by atoms with Gasteiger partial charge in [-0.2, -0.15) is 0 Å². The number of hydrogen-bond donors (Lipinski definition) is 0. The summed E-state index contributed by atoms with van der Waals surface area (Å²) in [4.78, 5) is 12.5. The average Bonchev–Trinajstić information content (AvgIpc) is 3.21. The minimum absolute atomic E-state index is 0.255. The van der Waals surface area contributed by atoms with Crippen LogP contribution in [-0.4, -0.2) is 18.7 Å². The molecule has 3 aromatic carbocycles. The van der Waals surface area contributed by atoms with Crippen molar-refractivity contribution in [3.8, 4) is 22.6 Å². The summed E-state index contributed by atoms with van der Waals surface area (Å²) in [6.45, 7) is 8.49. The van der Waals surface area contributed by atoms with Crippen LogP contribution in [0.1, 0.15) is 48.9 Å². The van der Waals surface area contributed by atoms with E-state index in [1.807, 2.05) is 66.7 Å². The molecule has 0 N–H and O–H groups in total. The van der Waals surface area contributed by atoms with E-state index in [0.29, 0.717) is 17.9 Å². The van der Waals surface area contributed by atoms with Crippen molar-refractivity contribution in [3.05, 3.63) is 109 Å². The first-order valence-corrected chi connectivity index (χ1v) is 12.2. The van der Waals surface area contributed by atoms with Gasteiger partial charge in [0.2, 0.25) is 0 Å². The number of ether oxygens (including phenoxy) is 3. The summed E-state index contributed by atoms with van der Waals surface area (Å²) >= 11 is 0. The summed E-state index contributed by atoms with van der Waals surface area (Å²) in [7, 11) is 0. The Morgan fingerprint density at radius 3 is 2.14 bits per heavy atom. The van der Waals surface area contributed by atoms with E-state index in [0.717, 1.165) is 66.7 Å². The van der Waals surface area contributed by atoms with E-state index in [9.17, 15) is 4.79 Å². The molecule has 1 aliphatic rings. The van der Waals surface area contributed by atoms with Crippen LogP contribution in [0.4, 0.5) is 0 Å². The molecule has 1 atom stereocenters. The van der Waals surface area contributed by atoms with Crippen LogP contribution >= 0.6 is 0 Å². The maximum atomic E-state index is 12.5. The summed E-state index contributed by atoms with van der Waals surface area (Å²) in [6, 6.07) is 24.7. The molecule has 35 heavy (non-hydrogen) atoms. The number of rotatable bonds is 11. The molecule has 0 aromatic heterocycles. The van der Waals surface area contributed by atoms with Gasteiger partial charge in [0.25, 0.3) is 0 Å². The Bertz CT molecular complexity index is 1110. The van der Waals surface area contributed by atoms with Gasteiger partial charge < -0.3 is 14.2 Å². The quantitative estimate of drug-likeness (QED) is 0.164. The first kappa shape index (κ1) is 24.3. The molecular weight excluding hydrogens is 436 g/mol. The van der Waals surface area contributed by atoms with Crippen molar-refractivity contribution in [1.29, 1.82) is 0 Å². The molecule has 0 saturated carbocycles. The Balaban J connectivity index is 1.14. The van der Waals surface area contributed by atoms with Gasteiger partial charge in [-0.1, -0.05) is 68.5 Å². The summed E-state index contributed by atoms with van der Waals surface area (Å²) < 4.78 is 17.0. The van der Waals surface area contributed by atoms with Gasteiger partial charge in [0.05, 0.1) is 12.2 Å². The Morgan fingerprint density at radius 1 is 0.800 bits per heavy atom. The lowest BCUT2D eigenvalue weighted by Gasteiger charge is -2.10. The van der Waals surface area contributed by atoms with Gasteiger partial charge in [-0.3, -0.25) is 0 Å². The van der Waals surface area contributed by atoms with E-state index in [1.165, 1.54) is 0 Å². The van der Waals surface area contributed by atoms with Crippen molar-refractivity contribution in [2.75, 3.05) is 6.61 Å². The number of esters is 1. The lowest BCUT2D eigenvalue weighted by Crippen LogP contribution is -2.08. The lowest BCUT2D eigenvalue weighted by atomic mass is 10.1. The van der Waals surface area contributed by atoms with Crippen molar-refractivity contribution in [3.63, 3.8) is 0 Å². The molecule has 0 radical (unpaired) electrons. The summed E-state index contributed by atoms with van der Waals surface area (Å²) in [5.74, 6) is 1.64.